The molecule has 1 heterocycles. The van der Waals surface area contributed by atoms with Crippen LogP contribution in [0.4, 0.5) is 0 Å². The summed E-state index contributed by atoms with van der Waals surface area (Å²) in [6.07, 6.45) is 2.66. The van der Waals surface area contributed by atoms with Gasteiger partial charge < -0.3 is 4.74 Å². The number of piperidine rings is 1. The van der Waals surface area contributed by atoms with Crippen molar-refractivity contribution in [3.63, 3.8) is 0 Å². The largest absolute Gasteiger partial charge is 0.493 e. The minimum Gasteiger partial charge on any atom is -0.493 e. The van der Waals surface area contributed by atoms with Crippen LogP contribution in [0.15, 0.2) is 24.3 Å². The van der Waals surface area contributed by atoms with Gasteiger partial charge >= 0.3 is 0 Å². The molecule has 2 heteroatoms. The molecule has 2 rings (SSSR count). The van der Waals surface area contributed by atoms with Gasteiger partial charge in [0.1, 0.15) is 5.75 Å². The van der Waals surface area contributed by atoms with E-state index in [1.165, 1.54) is 31.5 Å². The molecule has 1 aliphatic rings. The van der Waals surface area contributed by atoms with Gasteiger partial charge in [-0.25, -0.2) is 0 Å². The highest BCUT2D eigenvalue weighted by atomic mass is 16.5. The lowest BCUT2D eigenvalue weighted by atomic mass is 9.75. The van der Waals surface area contributed by atoms with Gasteiger partial charge in [-0.15, -0.1) is 0 Å². The number of hydrogen-bond donors (Lipinski definition) is 0. The Kier molecular flexibility index (Phi) is 5.91. The van der Waals surface area contributed by atoms with E-state index in [4.69, 9.17) is 4.74 Å². The van der Waals surface area contributed by atoms with E-state index in [-0.39, 0.29) is 0 Å². The summed E-state index contributed by atoms with van der Waals surface area (Å²) < 4.78 is 5.75. The molecule has 1 saturated heterocycles. The molecule has 0 aromatic heterocycles. The normalized spacial score (nSPS) is 17.9. The minimum atomic E-state index is 0.460. The molecule has 0 spiro atoms. The smallest absolute Gasteiger partial charge is 0.119 e. The van der Waals surface area contributed by atoms with Gasteiger partial charge in [-0.1, -0.05) is 46.8 Å². The summed E-state index contributed by atoms with van der Waals surface area (Å²) in [6, 6.07) is 8.65. The van der Waals surface area contributed by atoms with Crippen LogP contribution in [0.1, 0.15) is 53.0 Å². The first-order valence-electron chi connectivity index (χ1n) is 8.78. The third kappa shape index (κ3) is 5.31. The topological polar surface area (TPSA) is 12.5 Å². The predicted molar refractivity (Wildman–Crippen MR) is 94.2 cm³/mol. The molecule has 1 aromatic carbocycles. The molecule has 0 radical (unpaired) electrons. The van der Waals surface area contributed by atoms with Gasteiger partial charge in [0.05, 0.1) is 6.61 Å². The van der Waals surface area contributed by atoms with Gasteiger partial charge in [0.2, 0.25) is 0 Å². The minimum absolute atomic E-state index is 0.460. The molecule has 0 aliphatic carbocycles. The van der Waals surface area contributed by atoms with Gasteiger partial charge in [-0.2, -0.15) is 0 Å². The van der Waals surface area contributed by atoms with Crippen LogP contribution in [-0.4, -0.2) is 24.6 Å². The fourth-order valence-corrected chi connectivity index (χ4v) is 3.17. The van der Waals surface area contributed by atoms with Crippen LogP contribution >= 0.6 is 0 Å². The van der Waals surface area contributed by atoms with Crippen LogP contribution in [0.2, 0.25) is 0 Å². The molecule has 22 heavy (non-hydrogen) atoms. The van der Waals surface area contributed by atoms with E-state index in [9.17, 15) is 0 Å². The second-order valence-corrected chi connectivity index (χ2v) is 8.27. The number of likely N-dealkylation sites (tertiary alicyclic amines) is 1. The highest BCUT2D eigenvalue weighted by molar-refractivity contribution is 5.27. The fraction of sp³-hybridized carbons (Fsp3) is 0.700. The lowest BCUT2D eigenvalue weighted by Crippen LogP contribution is -2.37. The summed E-state index contributed by atoms with van der Waals surface area (Å²) in [4.78, 5) is 2.59. The van der Waals surface area contributed by atoms with E-state index in [0.717, 1.165) is 24.8 Å². The van der Waals surface area contributed by atoms with Crippen molar-refractivity contribution in [1.82, 2.24) is 4.90 Å². The van der Waals surface area contributed by atoms with Crippen molar-refractivity contribution in [1.29, 1.82) is 0 Å². The van der Waals surface area contributed by atoms with Crippen LogP contribution in [-0.2, 0) is 6.54 Å². The number of hydrogen-bond acceptors (Lipinski definition) is 2. The monoisotopic (exact) mass is 303 g/mol. The molecule has 1 aliphatic heterocycles. The molecule has 2 nitrogen and oxygen atoms in total. The zero-order valence-corrected chi connectivity index (χ0v) is 15.1. The molecule has 0 amide bonds. The molecular weight excluding hydrogens is 270 g/mol. The van der Waals surface area contributed by atoms with Crippen LogP contribution < -0.4 is 4.74 Å². The van der Waals surface area contributed by atoms with Crippen molar-refractivity contribution >= 4 is 0 Å². The van der Waals surface area contributed by atoms with Crippen molar-refractivity contribution in [2.24, 2.45) is 17.3 Å². The summed E-state index contributed by atoms with van der Waals surface area (Å²) in [5, 5.41) is 0. The van der Waals surface area contributed by atoms with E-state index in [2.05, 4.69) is 63.8 Å². The Balaban J connectivity index is 1.80. The number of ether oxygens (including phenoxy) is 1. The molecular formula is C20H33NO. The standard InChI is InChI=1S/C20H33NO/c1-16(2)15-22-19-8-6-17(7-9-19)14-21-12-10-18(11-13-21)20(3,4)5/h6-9,16,18H,10-15H2,1-5H3. The van der Waals surface area contributed by atoms with Crippen molar-refractivity contribution < 1.29 is 4.74 Å². The maximum Gasteiger partial charge on any atom is 0.119 e. The molecule has 0 saturated carbocycles. The highest BCUT2D eigenvalue weighted by Gasteiger charge is 2.28. The molecule has 1 aromatic rings. The van der Waals surface area contributed by atoms with Crippen LogP contribution in [0.25, 0.3) is 0 Å². The van der Waals surface area contributed by atoms with Gasteiger partial charge in [-0.05, 0) is 60.9 Å². The van der Waals surface area contributed by atoms with Crippen molar-refractivity contribution in [3.05, 3.63) is 29.8 Å². The van der Waals surface area contributed by atoms with Crippen LogP contribution in [0, 0.1) is 17.3 Å². The van der Waals surface area contributed by atoms with Gasteiger partial charge in [0.15, 0.2) is 0 Å². The predicted octanol–water partition coefficient (Wildman–Crippen LogP) is 4.98. The Morgan fingerprint density at radius 1 is 1.09 bits per heavy atom. The maximum absolute atomic E-state index is 5.75. The van der Waals surface area contributed by atoms with Gasteiger partial charge in [-0.3, -0.25) is 4.90 Å². The Morgan fingerprint density at radius 3 is 2.18 bits per heavy atom. The first-order chi connectivity index (χ1) is 10.3. The summed E-state index contributed by atoms with van der Waals surface area (Å²) in [6.45, 7) is 15.8. The lowest BCUT2D eigenvalue weighted by Gasteiger charge is -2.38. The zero-order valence-electron chi connectivity index (χ0n) is 15.1. The van der Waals surface area contributed by atoms with E-state index in [1.54, 1.807) is 0 Å². The molecule has 1 fully saturated rings. The second-order valence-electron chi connectivity index (χ2n) is 8.27. The molecule has 0 atom stereocenters. The molecule has 124 valence electrons. The van der Waals surface area contributed by atoms with Crippen molar-refractivity contribution in [3.8, 4) is 5.75 Å². The quantitative estimate of drug-likeness (QED) is 0.760. The summed E-state index contributed by atoms with van der Waals surface area (Å²) in [5.41, 5.74) is 1.85. The fourth-order valence-electron chi connectivity index (χ4n) is 3.17. The van der Waals surface area contributed by atoms with Gasteiger partial charge in [0.25, 0.3) is 0 Å². The molecule has 0 N–H and O–H groups in total. The molecule has 0 bridgehead atoms. The van der Waals surface area contributed by atoms with E-state index in [0.29, 0.717) is 11.3 Å². The Morgan fingerprint density at radius 2 is 1.68 bits per heavy atom. The average molecular weight is 303 g/mol. The van der Waals surface area contributed by atoms with Gasteiger partial charge in [0, 0.05) is 6.54 Å². The summed E-state index contributed by atoms with van der Waals surface area (Å²) in [5.74, 6) is 2.43. The van der Waals surface area contributed by atoms with E-state index < -0.39 is 0 Å². The van der Waals surface area contributed by atoms with Crippen LogP contribution in [0.5, 0.6) is 5.75 Å². The lowest BCUT2D eigenvalue weighted by molar-refractivity contribution is 0.108. The third-order valence-corrected chi connectivity index (χ3v) is 4.73. The van der Waals surface area contributed by atoms with Crippen molar-refractivity contribution in [2.75, 3.05) is 19.7 Å². The maximum atomic E-state index is 5.75. The number of nitrogens with zero attached hydrogens (tertiary/aromatic N) is 1. The average Bonchev–Trinajstić information content (AvgIpc) is 2.46. The summed E-state index contributed by atoms with van der Waals surface area (Å²) >= 11 is 0. The Bertz CT molecular complexity index is 436. The first-order valence-corrected chi connectivity index (χ1v) is 8.78. The Hall–Kier alpha value is -1.02. The van der Waals surface area contributed by atoms with Crippen molar-refractivity contribution in [2.45, 2.75) is 54.0 Å². The highest BCUT2D eigenvalue weighted by Crippen LogP contribution is 2.34. The summed E-state index contributed by atoms with van der Waals surface area (Å²) in [7, 11) is 0. The van der Waals surface area contributed by atoms with E-state index in [1.807, 2.05) is 0 Å². The molecule has 0 unspecified atom stereocenters. The second kappa shape index (κ2) is 7.50. The zero-order chi connectivity index (χ0) is 16.2. The van der Waals surface area contributed by atoms with Crippen LogP contribution in [0.3, 0.4) is 0 Å². The SMILES string of the molecule is CC(C)COc1ccc(CN2CCC(C(C)(C)C)CC2)cc1. The number of rotatable bonds is 5. The Labute approximate surface area is 136 Å². The van der Waals surface area contributed by atoms with E-state index >= 15 is 0 Å². The third-order valence-electron chi connectivity index (χ3n) is 4.73. The first kappa shape index (κ1) is 17.3. The number of benzene rings is 1.